The third-order valence-electron chi connectivity index (χ3n) is 5.66. The highest BCUT2D eigenvalue weighted by molar-refractivity contribution is 5.69. The van der Waals surface area contributed by atoms with Crippen LogP contribution in [0, 0.1) is 5.41 Å². The first-order chi connectivity index (χ1) is 13.8. The highest BCUT2D eigenvalue weighted by atomic mass is 16.5. The normalized spacial score (nSPS) is 18.1. The molecule has 0 bridgehead atoms. The van der Waals surface area contributed by atoms with Crippen molar-refractivity contribution in [2.24, 2.45) is 5.41 Å². The Kier molecular flexibility index (Phi) is 11.7. The largest absolute Gasteiger partial charge is 0.461 e. The molecule has 0 aromatic carbocycles. The van der Waals surface area contributed by atoms with E-state index in [-0.39, 0.29) is 11.4 Å². The molecule has 0 fully saturated rings. The molecule has 29 heavy (non-hydrogen) atoms. The summed E-state index contributed by atoms with van der Waals surface area (Å²) in [4.78, 5) is 11.7. The average molecular weight is 399 g/mol. The van der Waals surface area contributed by atoms with E-state index in [0.29, 0.717) is 13.0 Å². The van der Waals surface area contributed by atoms with Crippen LogP contribution in [0.5, 0.6) is 0 Å². The molecule has 2 nitrogen and oxygen atoms in total. The van der Waals surface area contributed by atoms with Crippen LogP contribution in [0.3, 0.4) is 0 Å². The van der Waals surface area contributed by atoms with Crippen LogP contribution in [0.1, 0.15) is 92.9 Å². The number of allylic oxidation sites excluding steroid dienone is 9. The summed E-state index contributed by atoms with van der Waals surface area (Å²) in [5.74, 6) is -0.0924. The quantitative estimate of drug-likeness (QED) is 0.200. The Morgan fingerprint density at radius 2 is 1.86 bits per heavy atom. The monoisotopic (exact) mass is 398 g/mol. The van der Waals surface area contributed by atoms with Crippen LogP contribution >= 0.6 is 0 Å². The second-order valence-corrected chi connectivity index (χ2v) is 8.98. The summed E-state index contributed by atoms with van der Waals surface area (Å²) in [6.07, 6.45) is 21.4. The van der Waals surface area contributed by atoms with E-state index in [1.165, 1.54) is 48.8 Å². The lowest BCUT2D eigenvalue weighted by atomic mass is 9.72. The van der Waals surface area contributed by atoms with Gasteiger partial charge >= 0.3 is 5.97 Å². The zero-order valence-corrected chi connectivity index (χ0v) is 19.6. The number of carbonyl (C=O) groups excluding carboxylic acids is 1. The number of carbonyl (C=O) groups is 1. The molecule has 0 aliphatic heterocycles. The summed E-state index contributed by atoms with van der Waals surface area (Å²) in [5.41, 5.74) is 5.63. The van der Waals surface area contributed by atoms with Crippen molar-refractivity contribution in [3.63, 3.8) is 0 Å². The van der Waals surface area contributed by atoms with Crippen molar-refractivity contribution >= 4 is 5.97 Å². The Hall–Kier alpha value is -1.83. The number of esters is 1. The predicted molar refractivity (Wildman–Crippen MR) is 126 cm³/mol. The molecule has 2 heteroatoms. The molecule has 0 atom stereocenters. The van der Waals surface area contributed by atoms with Gasteiger partial charge in [-0.3, -0.25) is 4.79 Å². The highest BCUT2D eigenvalue weighted by Crippen LogP contribution is 2.40. The Labute approximate surface area is 179 Å². The van der Waals surface area contributed by atoms with Gasteiger partial charge in [-0.15, -0.1) is 0 Å². The lowest BCUT2D eigenvalue weighted by molar-refractivity contribution is -0.142. The molecule has 0 saturated carbocycles. The second-order valence-electron chi connectivity index (χ2n) is 8.98. The standard InChI is InChI=1S/C27H42O2/c1-7-8-9-10-16-26(28)29-21-19-23(3)14-11-13-22(2)17-18-25-24(4)15-12-20-27(25,5)6/h11,13-14,17-19H,7-10,12,15-16,20-21H2,1-6H3/b14-11+,18-17+,22-13+,23-19+. The second kappa shape index (κ2) is 13.4. The van der Waals surface area contributed by atoms with Gasteiger partial charge in [0.1, 0.15) is 6.61 Å². The zero-order valence-electron chi connectivity index (χ0n) is 19.6. The van der Waals surface area contributed by atoms with Crippen molar-refractivity contribution in [3.05, 3.63) is 58.7 Å². The van der Waals surface area contributed by atoms with Crippen LogP contribution < -0.4 is 0 Å². The molecule has 1 aliphatic rings. The molecule has 0 heterocycles. The average Bonchev–Trinajstić information content (AvgIpc) is 2.64. The van der Waals surface area contributed by atoms with Crippen LogP contribution in [0.2, 0.25) is 0 Å². The Balaban J connectivity index is 2.46. The molecule has 0 spiro atoms. The highest BCUT2D eigenvalue weighted by Gasteiger charge is 2.26. The molecule has 0 aromatic heterocycles. The van der Waals surface area contributed by atoms with E-state index < -0.39 is 0 Å². The van der Waals surface area contributed by atoms with Crippen molar-refractivity contribution in [2.75, 3.05) is 6.61 Å². The minimum Gasteiger partial charge on any atom is -0.461 e. The maximum Gasteiger partial charge on any atom is 0.306 e. The Morgan fingerprint density at radius 3 is 2.55 bits per heavy atom. The smallest absolute Gasteiger partial charge is 0.306 e. The van der Waals surface area contributed by atoms with E-state index in [4.69, 9.17) is 4.74 Å². The molecule has 0 saturated heterocycles. The number of hydrogen-bond donors (Lipinski definition) is 0. The van der Waals surface area contributed by atoms with Gasteiger partial charge in [-0.1, -0.05) is 87.1 Å². The van der Waals surface area contributed by atoms with Gasteiger partial charge in [0.15, 0.2) is 0 Å². The molecule has 0 radical (unpaired) electrons. The van der Waals surface area contributed by atoms with Crippen molar-refractivity contribution < 1.29 is 9.53 Å². The van der Waals surface area contributed by atoms with Crippen LogP contribution in [-0.2, 0) is 9.53 Å². The maximum absolute atomic E-state index is 11.7. The van der Waals surface area contributed by atoms with Crippen molar-refractivity contribution in [3.8, 4) is 0 Å². The summed E-state index contributed by atoms with van der Waals surface area (Å²) in [6, 6.07) is 0. The first-order valence-corrected chi connectivity index (χ1v) is 11.3. The Morgan fingerprint density at radius 1 is 1.10 bits per heavy atom. The predicted octanol–water partition coefficient (Wildman–Crippen LogP) is 8.03. The maximum atomic E-state index is 11.7. The fourth-order valence-electron chi connectivity index (χ4n) is 3.73. The van der Waals surface area contributed by atoms with Crippen molar-refractivity contribution in [2.45, 2.75) is 92.9 Å². The van der Waals surface area contributed by atoms with Crippen molar-refractivity contribution in [1.82, 2.24) is 0 Å². The molecule has 1 aliphatic carbocycles. The number of hydrogen-bond acceptors (Lipinski definition) is 2. The van der Waals surface area contributed by atoms with Gasteiger partial charge in [0.05, 0.1) is 0 Å². The molecule has 1 rings (SSSR count). The van der Waals surface area contributed by atoms with E-state index in [1.807, 2.05) is 13.0 Å². The van der Waals surface area contributed by atoms with Gasteiger partial charge in [0.2, 0.25) is 0 Å². The minimum absolute atomic E-state index is 0.0924. The lowest BCUT2D eigenvalue weighted by Crippen LogP contribution is -2.19. The summed E-state index contributed by atoms with van der Waals surface area (Å²) in [7, 11) is 0. The van der Waals surface area contributed by atoms with E-state index >= 15 is 0 Å². The fraction of sp³-hybridized carbons (Fsp3) is 0.593. The Bertz CT molecular complexity index is 669. The summed E-state index contributed by atoms with van der Waals surface area (Å²) in [6.45, 7) is 13.7. The SMILES string of the molecule is CCCCCCC(=O)OC/C=C(C)/C=C/C=C(C)/C=C/C1=C(C)CCCC1(C)C. The first-order valence-electron chi connectivity index (χ1n) is 11.3. The molecule has 0 aromatic rings. The van der Waals surface area contributed by atoms with E-state index in [0.717, 1.165) is 18.4 Å². The van der Waals surface area contributed by atoms with Gasteiger partial charge in [0, 0.05) is 6.42 Å². The summed E-state index contributed by atoms with van der Waals surface area (Å²) in [5, 5.41) is 0. The van der Waals surface area contributed by atoms with Gasteiger partial charge < -0.3 is 4.74 Å². The van der Waals surface area contributed by atoms with E-state index in [9.17, 15) is 4.79 Å². The lowest BCUT2D eigenvalue weighted by Gasteiger charge is -2.32. The molecular formula is C27H42O2. The third kappa shape index (κ3) is 10.5. The van der Waals surface area contributed by atoms with E-state index in [1.54, 1.807) is 0 Å². The van der Waals surface area contributed by atoms with Gasteiger partial charge in [0.25, 0.3) is 0 Å². The van der Waals surface area contributed by atoms with E-state index in [2.05, 4.69) is 65.0 Å². The fourth-order valence-corrected chi connectivity index (χ4v) is 3.73. The zero-order chi connectivity index (χ0) is 21.7. The topological polar surface area (TPSA) is 26.3 Å². The summed E-state index contributed by atoms with van der Waals surface area (Å²) < 4.78 is 5.27. The third-order valence-corrected chi connectivity index (χ3v) is 5.66. The minimum atomic E-state index is -0.0924. The number of ether oxygens (including phenoxy) is 1. The molecule has 0 unspecified atom stereocenters. The van der Waals surface area contributed by atoms with Crippen LogP contribution in [0.25, 0.3) is 0 Å². The molecule has 162 valence electrons. The number of unbranched alkanes of at least 4 members (excludes halogenated alkanes) is 3. The molecule has 0 amide bonds. The van der Waals surface area contributed by atoms with Gasteiger partial charge in [-0.05, 0) is 63.5 Å². The molecular weight excluding hydrogens is 356 g/mol. The van der Waals surface area contributed by atoms with Crippen LogP contribution in [-0.4, -0.2) is 12.6 Å². The first kappa shape index (κ1) is 25.2. The molecule has 0 N–H and O–H groups in total. The number of rotatable bonds is 11. The van der Waals surface area contributed by atoms with Gasteiger partial charge in [-0.25, -0.2) is 0 Å². The van der Waals surface area contributed by atoms with Gasteiger partial charge in [-0.2, -0.15) is 0 Å². The van der Waals surface area contributed by atoms with Crippen LogP contribution in [0.4, 0.5) is 0 Å². The van der Waals surface area contributed by atoms with Crippen LogP contribution in [0.15, 0.2) is 58.7 Å². The summed E-state index contributed by atoms with van der Waals surface area (Å²) >= 11 is 0. The van der Waals surface area contributed by atoms with Crippen molar-refractivity contribution in [1.29, 1.82) is 0 Å².